The molecule has 1 fully saturated rings. The Balaban J connectivity index is 1.55. The third-order valence-corrected chi connectivity index (χ3v) is 6.12. The molecule has 0 bridgehead atoms. The summed E-state index contributed by atoms with van der Waals surface area (Å²) in [6, 6.07) is 22.6. The van der Waals surface area contributed by atoms with E-state index in [0.29, 0.717) is 11.3 Å². The summed E-state index contributed by atoms with van der Waals surface area (Å²) in [5, 5.41) is 8.85. The van der Waals surface area contributed by atoms with Gasteiger partial charge in [-0.25, -0.2) is 4.79 Å². The van der Waals surface area contributed by atoms with E-state index in [1.807, 2.05) is 80.6 Å². The summed E-state index contributed by atoms with van der Waals surface area (Å²) in [5.41, 5.74) is 4.87. The topological polar surface area (TPSA) is 73.5 Å². The number of urea groups is 1. The van der Waals surface area contributed by atoms with Crippen molar-refractivity contribution in [3.63, 3.8) is 0 Å². The molecule has 4 rings (SSSR count). The van der Waals surface area contributed by atoms with Crippen LogP contribution in [0.2, 0.25) is 0 Å². The Labute approximate surface area is 201 Å². The fourth-order valence-electron chi connectivity index (χ4n) is 4.32. The second kappa shape index (κ2) is 10.9. The molecule has 6 heteroatoms. The van der Waals surface area contributed by atoms with Crippen LogP contribution in [0.4, 0.5) is 21.9 Å². The molecular weight excluding hydrogens is 424 g/mol. The zero-order valence-corrected chi connectivity index (χ0v) is 19.8. The van der Waals surface area contributed by atoms with Crippen LogP contribution >= 0.6 is 0 Å². The predicted octanol–water partition coefficient (Wildman–Crippen LogP) is 6.12. The van der Waals surface area contributed by atoms with Crippen molar-refractivity contribution in [2.24, 2.45) is 0 Å². The van der Waals surface area contributed by atoms with Crippen LogP contribution in [-0.4, -0.2) is 25.0 Å². The smallest absolute Gasteiger partial charge is 0.323 e. The van der Waals surface area contributed by atoms with E-state index in [-0.39, 0.29) is 18.0 Å². The number of hydrogen-bond acceptors (Lipinski definition) is 3. The summed E-state index contributed by atoms with van der Waals surface area (Å²) in [6.07, 6.45) is 3.43. The van der Waals surface area contributed by atoms with Crippen molar-refractivity contribution >= 4 is 29.0 Å². The molecule has 0 aromatic heterocycles. The third-order valence-electron chi connectivity index (χ3n) is 6.12. The number of carbonyl (C=O) groups excluding carboxylic acids is 2. The van der Waals surface area contributed by atoms with Crippen molar-refractivity contribution < 1.29 is 9.59 Å². The van der Waals surface area contributed by atoms with Gasteiger partial charge < -0.3 is 20.9 Å². The van der Waals surface area contributed by atoms with Crippen molar-refractivity contribution in [3.05, 3.63) is 89.5 Å². The molecule has 3 N–H and O–H groups in total. The number of amides is 3. The Morgan fingerprint density at radius 1 is 0.824 bits per heavy atom. The Bertz CT molecular complexity index is 1140. The molecule has 1 unspecified atom stereocenters. The monoisotopic (exact) mass is 456 g/mol. The van der Waals surface area contributed by atoms with E-state index in [1.165, 1.54) is 6.42 Å². The molecule has 0 saturated carbocycles. The first-order valence-electron chi connectivity index (χ1n) is 11.9. The van der Waals surface area contributed by atoms with Crippen LogP contribution in [0.1, 0.15) is 53.7 Å². The largest absolute Gasteiger partial charge is 0.371 e. The first-order valence-corrected chi connectivity index (χ1v) is 11.9. The van der Waals surface area contributed by atoms with Gasteiger partial charge in [-0.05, 0) is 74.6 Å². The molecule has 1 saturated heterocycles. The van der Waals surface area contributed by atoms with Crippen molar-refractivity contribution in [1.82, 2.24) is 5.32 Å². The van der Waals surface area contributed by atoms with E-state index < -0.39 is 0 Å². The number of aryl methyl sites for hydroxylation is 1. The van der Waals surface area contributed by atoms with Crippen LogP contribution in [0.15, 0.2) is 72.8 Å². The normalized spacial score (nSPS) is 14.2. The van der Waals surface area contributed by atoms with Gasteiger partial charge in [0, 0.05) is 30.2 Å². The lowest BCUT2D eigenvalue weighted by Crippen LogP contribution is -2.33. The summed E-state index contributed by atoms with van der Waals surface area (Å²) < 4.78 is 0. The number of nitrogens with zero attached hydrogens (tertiary/aromatic N) is 1. The number of nitrogens with one attached hydrogen (secondary N) is 3. The van der Waals surface area contributed by atoms with E-state index in [4.69, 9.17) is 0 Å². The zero-order chi connectivity index (χ0) is 23.9. The predicted molar refractivity (Wildman–Crippen MR) is 139 cm³/mol. The molecule has 3 aromatic carbocycles. The molecule has 1 aliphatic rings. The molecule has 0 spiro atoms. The highest BCUT2D eigenvalue weighted by molar-refractivity contribution is 6.04. The number of piperidine rings is 1. The van der Waals surface area contributed by atoms with E-state index in [9.17, 15) is 9.59 Å². The van der Waals surface area contributed by atoms with E-state index in [1.54, 1.807) is 6.07 Å². The molecular formula is C28H32N4O2. The second-order valence-electron chi connectivity index (χ2n) is 8.83. The van der Waals surface area contributed by atoms with Crippen molar-refractivity contribution in [1.29, 1.82) is 0 Å². The van der Waals surface area contributed by atoms with Gasteiger partial charge in [0.05, 0.1) is 11.6 Å². The Morgan fingerprint density at radius 3 is 2.24 bits per heavy atom. The van der Waals surface area contributed by atoms with Crippen molar-refractivity contribution in [2.45, 2.75) is 39.2 Å². The van der Waals surface area contributed by atoms with Crippen LogP contribution in [0.3, 0.4) is 0 Å². The van der Waals surface area contributed by atoms with E-state index >= 15 is 0 Å². The number of anilines is 3. The molecule has 0 aliphatic carbocycles. The Hall–Kier alpha value is -3.80. The van der Waals surface area contributed by atoms with Gasteiger partial charge in [0.1, 0.15) is 0 Å². The molecule has 34 heavy (non-hydrogen) atoms. The highest BCUT2D eigenvalue weighted by atomic mass is 16.2. The standard InChI is InChI=1S/C28H32N4O2/c1-20-10-9-13-23(18-20)30-28(34)31-24-14-15-26(32-16-7-4-8-17-32)25(19-24)27(33)29-21(2)22-11-5-3-6-12-22/h3,5-6,9-15,18-19,21H,4,7-8,16-17H2,1-2H3,(H,29,33)(H2,30,31,34). The minimum Gasteiger partial charge on any atom is -0.371 e. The summed E-state index contributed by atoms with van der Waals surface area (Å²) in [5.74, 6) is -0.153. The number of rotatable bonds is 6. The minimum atomic E-state index is -0.347. The van der Waals surface area contributed by atoms with Gasteiger partial charge >= 0.3 is 6.03 Å². The molecule has 1 heterocycles. The number of benzene rings is 3. The molecule has 176 valence electrons. The van der Waals surface area contributed by atoms with Crippen molar-refractivity contribution in [2.75, 3.05) is 28.6 Å². The molecule has 0 radical (unpaired) electrons. The summed E-state index contributed by atoms with van der Waals surface area (Å²) >= 11 is 0. The van der Waals surface area contributed by atoms with Gasteiger partial charge in [-0.15, -0.1) is 0 Å². The fourth-order valence-corrected chi connectivity index (χ4v) is 4.32. The number of hydrogen-bond donors (Lipinski definition) is 3. The third kappa shape index (κ3) is 5.95. The first kappa shape index (κ1) is 23.4. The van der Waals surface area contributed by atoms with Crippen LogP contribution in [0.25, 0.3) is 0 Å². The maximum atomic E-state index is 13.4. The van der Waals surface area contributed by atoms with Gasteiger partial charge in [0.25, 0.3) is 5.91 Å². The molecule has 1 atom stereocenters. The maximum absolute atomic E-state index is 13.4. The first-order chi connectivity index (χ1) is 16.5. The maximum Gasteiger partial charge on any atom is 0.323 e. The van der Waals surface area contributed by atoms with Gasteiger partial charge in [0.15, 0.2) is 0 Å². The molecule has 3 amide bonds. The summed E-state index contributed by atoms with van der Waals surface area (Å²) in [7, 11) is 0. The van der Waals surface area contributed by atoms with Crippen LogP contribution < -0.4 is 20.9 Å². The zero-order valence-electron chi connectivity index (χ0n) is 19.8. The summed E-state index contributed by atoms with van der Waals surface area (Å²) in [6.45, 7) is 5.80. The van der Waals surface area contributed by atoms with Gasteiger partial charge in [0.2, 0.25) is 0 Å². The van der Waals surface area contributed by atoms with Gasteiger partial charge in [-0.1, -0.05) is 42.5 Å². The molecule has 6 nitrogen and oxygen atoms in total. The fraction of sp³-hybridized carbons (Fsp3) is 0.286. The van der Waals surface area contributed by atoms with Gasteiger partial charge in [-0.3, -0.25) is 4.79 Å². The van der Waals surface area contributed by atoms with Gasteiger partial charge in [-0.2, -0.15) is 0 Å². The van der Waals surface area contributed by atoms with Crippen molar-refractivity contribution in [3.8, 4) is 0 Å². The van der Waals surface area contributed by atoms with Crippen LogP contribution in [-0.2, 0) is 0 Å². The quantitative estimate of drug-likeness (QED) is 0.418. The second-order valence-corrected chi connectivity index (χ2v) is 8.83. The summed E-state index contributed by atoms with van der Waals surface area (Å²) in [4.78, 5) is 28.2. The highest BCUT2D eigenvalue weighted by Gasteiger charge is 2.21. The molecule has 1 aliphatic heterocycles. The number of carbonyl (C=O) groups is 2. The SMILES string of the molecule is Cc1cccc(NC(=O)Nc2ccc(N3CCCCC3)c(C(=O)NC(C)c3ccccc3)c2)c1. The lowest BCUT2D eigenvalue weighted by Gasteiger charge is -2.31. The lowest BCUT2D eigenvalue weighted by molar-refractivity contribution is 0.0940. The van der Waals surface area contributed by atoms with E-state index in [2.05, 4.69) is 20.9 Å². The van der Waals surface area contributed by atoms with Crippen LogP contribution in [0, 0.1) is 6.92 Å². The highest BCUT2D eigenvalue weighted by Crippen LogP contribution is 2.28. The molecule has 3 aromatic rings. The lowest BCUT2D eigenvalue weighted by atomic mass is 10.0. The van der Waals surface area contributed by atoms with Crippen LogP contribution in [0.5, 0.6) is 0 Å². The minimum absolute atomic E-state index is 0.135. The Kier molecular flexibility index (Phi) is 7.48. The van der Waals surface area contributed by atoms with E-state index in [0.717, 1.165) is 48.4 Å². The average Bonchev–Trinajstić information content (AvgIpc) is 2.85. The Morgan fingerprint density at radius 2 is 1.53 bits per heavy atom. The average molecular weight is 457 g/mol.